The summed E-state index contributed by atoms with van der Waals surface area (Å²) < 4.78 is 221. The van der Waals surface area contributed by atoms with Crippen LogP contribution in [0.3, 0.4) is 0 Å². The maximum Gasteiger partial charge on any atom is 0.269 e. The highest BCUT2D eigenvalue weighted by atomic mass is 28.3. The number of aromatic nitrogens is 4. The Balaban J connectivity index is 1.02. The minimum atomic E-state index is -6.30. The largest absolute Gasteiger partial charge is 0.458 e. The molecule has 0 saturated heterocycles. The molecule has 6 heteroatoms. The molecular weight excluding hydrogens is 1070 g/mol. The molecule has 5 nitrogen and oxygen atoms in total. The van der Waals surface area contributed by atoms with Crippen molar-refractivity contribution in [3.05, 3.63) is 296 Å². The van der Waals surface area contributed by atoms with Crippen molar-refractivity contribution in [2.24, 2.45) is 0 Å². The Bertz CT molecular complexity index is 6110. The van der Waals surface area contributed by atoms with Gasteiger partial charge in [0.15, 0.2) is 8.07 Å². The highest BCUT2D eigenvalue weighted by Crippen LogP contribution is 2.52. The van der Waals surface area contributed by atoms with Gasteiger partial charge < -0.3 is 4.74 Å². The summed E-state index contributed by atoms with van der Waals surface area (Å²) in [6, 6.07) is 27.3. The molecule has 1 aliphatic carbocycles. The molecular formula is C81H64N4OSi. The summed E-state index contributed by atoms with van der Waals surface area (Å²) in [5.74, 6) is 1.19. The van der Waals surface area contributed by atoms with Gasteiger partial charge in [-0.25, -0.2) is 4.98 Å². The number of ether oxygens (including phenoxy) is 1. The molecule has 2 aliphatic rings. The average Bonchev–Trinajstić information content (AvgIpc) is 1.29. The van der Waals surface area contributed by atoms with Crippen molar-refractivity contribution < 1.29 is 39.5 Å². The first-order valence-corrected chi connectivity index (χ1v) is 30.7. The Labute approximate surface area is 540 Å². The van der Waals surface area contributed by atoms with E-state index in [1.807, 2.05) is 112 Å². The fraction of sp³-hybridized carbons (Fsp3) is 0.111. The second-order valence-corrected chi connectivity index (χ2v) is 26.9. The van der Waals surface area contributed by atoms with Gasteiger partial charge in [0.1, 0.15) is 17.3 Å². The van der Waals surface area contributed by atoms with Gasteiger partial charge in [-0.2, -0.15) is 0 Å². The lowest BCUT2D eigenvalue weighted by Crippen LogP contribution is -2.74. The molecule has 16 rings (SSSR count). The van der Waals surface area contributed by atoms with Gasteiger partial charge in [0.2, 0.25) is 0 Å². The van der Waals surface area contributed by atoms with Crippen LogP contribution in [0.1, 0.15) is 87.4 Å². The monoisotopic (exact) mass is 1160 g/mol. The van der Waals surface area contributed by atoms with Crippen LogP contribution in [0.25, 0.3) is 94.5 Å². The Morgan fingerprint density at radius 3 is 1.79 bits per heavy atom. The molecule has 418 valence electrons. The Kier molecular flexibility index (Phi) is 7.94. The second kappa shape index (κ2) is 20.3. The quantitative estimate of drug-likeness (QED) is 0.0625. The first-order chi connectivity index (χ1) is 51.6. The van der Waals surface area contributed by atoms with Crippen molar-refractivity contribution in [1.82, 2.24) is 14.1 Å². The Morgan fingerprint density at radius 1 is 0.506 bits per heavy atom. The molecule has 4 heterocycles. The predicted octanol–water partition coefficient (Wildman–Crippen LogP) is 17.0. The van der Waals surface area contributed by atoms with Crippen LogP contribution in [0.5, 0.6) is 11.5 Å². The number of nitrogens with zero attached hydrogens (tertiary/aromatic N) is 4. The van der Waals surface area contributed by atoms with Gasteiger partial charge in [-0.3, -0.25) is 13.7 Å². The summed E-state index contributed by atoms with van der Waals surface area (Å²) in [5, 5.41) is -2.00. The molecule has 1 aliphatic heterocycles. The first-order valence-electron chi connectivity index (χ1n) is 39.7. The van der Waals surface area contributed by atoms with E-state index in [2.05, 4.69) is 57.2 Å². The molecule has 0 amide bonds. The van der Waals surface area contributed by atoms with Gasteiger partial charge in [-0.1, -0.05) is 233 Å². The van der Waals surface area contributed by atoms with E-state index in [0.717, 1.165) is 56.9 Å². The molecule has 0 atom stereocenters. The first kappa shape index (κ1) is 34.1. The number of rotatable bonds is 9. The lowest BCUT2D eigenvalue weighted by atomic mass is 9.62. The summed E-state index contributed by atoms with van der Waals surface area (Å²) in [6.07, 6.45) is 6.88. The fourth-order valence-electron chi connectivity index (χ4n) is 13.3. The van der Waals surface area contributed by atoms with Gasteiger partial charge in [0.25, 0.3) is 6.33 Å². The molecule has 0 radical (unpaired) electrons. The van der Waals surface area contributed by atoms with Crippen molar-refractivity contribution in [2.75, 3.05) is 0 Å². The van der Waals surface area contributed by atoms with Crippen LogP contribution in [0.4, 0.5) is 0 Å². The summed E-state index contributed by atoms with van der Waals surface area (Å²) in [5.41, 5.74) is 8.64. The molecule has 14 aromatic rings. The number of fused-ring (bicyclic) bond motifs is 11. The van der Waals surface area contributed by atoms with Crippen LogP contribution in [0.15, 0.2) is 273 Å². The molecule has 0 bridgehead atoms. The normalized spacial score (nSPS) is 17.6. The van der Waals surface area contributed by atoms with E-state index in [9.17, 15) is 21.9 Å². The third-order valence-corrected chi connectivity index (χ3v) is 21.6. The van der Waals surface area contributed by atoms with E-state index in [-0.39, 0.29) is 22.2 Å². The van der Waals surface area contributed by atoms with E-state index in [0.29, 0.717) is 56.2 Å². The number of hydrogen-bond acceptors (Lipinski definition) is 2. The third-order valence-electron chi connectivity index (χ3n) is 17.6. The summed E-state index contributed by atoms with van der Waals surface area (Å²) in [4.78, 5) is 4.65. The lowest BCUT2D eigenvalue weighted by molar-refractivity contribution is -0.570. The predicted molar refractivity (Wildman–Crippen MR) is 361 cm³/mol. The van der Waals surface area contributed by atoms with E-state index in [4.69, 9.17) is 13.0 Å². The number of aryl methyl sites for hydroxylation is 1. The molecule has 3 aromatic heterocycles. The molecule has 0 saturated carbocycles. The third kappa shape index (κ3) is 8.41. The van der Waals surface area contributed by atoms with Crippen molar-refractivity contribution in [2.45, 2.75) is 58.2 Å². The van der Waals surface area contributed by atoms with E-state index in [1.165, 1.54) is 12.3 Å². The van der Waals surface area contributed by atoms with Gasteiger partial charge in [0, 0.05) is 27.1 Å². The van der Waals surface area contributed by atoms with Crippen LogP contribution in [0, 0.1) is 13.2 Å². The van der Waals surface area contributed by atoms with Crippen LogP contribution < -0.4 is 30.1 Å². The van der Waals surface area contributed by atoms with Crippen LogP contribution in [0.2, 0.25) is 0 Å². The summed E-state index contributed by atoms with van der Waals surface area (Å²) >= 11 is 0. The van der Waals surface area contributed by atoms with E-state index >= 15 is 0 Å². The van der Waals surface area contributed by atoms with Crippen LogP contribution in [-0.4, -0.2) is 22.2 Å². The molecule has 11 aromatic carbocycles. The van der Waals surface area contributed by atoms with Crippen molar-refractivity contribution in [3.8, 4) is 73.2 Å². The summed E-state index contributed by atoms with van der Waals surface area (Å²) in [6.45, 7) is 6.44. The molecule has 0 spiro atoms. The fourth-order valence-corrected chi connectivity index (χ4v) is 16.9. The Morgan fingerprint density at radius 2 is 1.08 bits per heavy atom. The highest BCUT2D eigenvalue weighted by Gasteiger charge is 2.42. The number of imidazole rings is 1. The van der Waals surface area contributed by atoms with Crippen molar-refractivity contribution >= 4 is 61.7 Å². The van der Waals surface area contributed by atoms with Crippen LogP contribution in [-0.2, 0) is 10.8 Å². The summed E-state index contributed by atoms with van der Waals surface area (Å²) in [7, 11) is -6.30. The molecule has 0 unspecified atom stereocenters. The van der Waals surface area contributed by atoms with Gasteiger partial charge >= 0.3 is 0 Å². The maximum absolute atomic E-state index is 11.2. The van der Waals surface area contributed by atoms with E-state index in [1.54, 1.807) is 28.8 Å². The minimum absolute atomic E-state index is 0.0112. The zero-order valence-corrected chi connectivity index (χ0v) is 48.6. The zero-order valence-electron chi connectivity index (χ0n) is 69.6. The number of para-hydroxylation sites is 3. The van der Waals surface area contributed by atoms with Crippen LogP contribution >= 0.6 is 0 Å². The zero-order chi connectivity index (χ0) is 77.6. The number of benzene rings is 11. The van der Waals surface area contributed by atoms with Crippen molar-refractivity contribution in [1.29, 1.82) is 0 Å². The van der Waals surface area contributed by atoms with Gasteiger partial charge in [-0.05, 0) is 167 Å². The topological polar surface area (TPSA) is 35.9 Å². The average molecular weight is 1160 g/mol. The highest BCUT2D eigenvalue weighted by molar-refractivity contribution is 7.19. The van der Waals surface area contributed by atoms with Gasteiger partial charge in [0.05, 0.1) is 59.5 Å². The Hall–Kier alpha value is -10.1. The maximum atomic E-state index is 11.2. The molecule has 0 N–H and O–H groups in total. The van der Waals surface area contributed by atoms with E-state index < -0.39 is 161 Å². The van der Waals surface area contributed by atoms with Gasteiger partial charge in [-0.15, -0.1) is 0 Å². The number of pyridine rings is 1. The molecule has 87 heavy (non-hydrogen) atoms. The number of hydrogen-bond donors (Lipinski definition) is 0. The minimum Gasteiger partial charge on any atom is -0.458 e. The second-order valence-electron chi connectivity index (χ2n) is 23.4. The SMILES string of the molecule is [2H]c1c([2H])c([2H])c([Si](c2c([2H])c([2H])c([2H])c([2H])c2[2H])(c2c([2H])c([2H])c([2H])c([2H])c2[2H])c2c([2H])c([2H])c([2H])c(-c3cccc4c3-[n+]3[c-]n(-c5cccc(Oc6ccc7c8ccccc8n(-c8cc(C([2H])([2H])[2H])ccn8)c7c6)c5)c5cccc(c53)-c3ccccc3-c3cc5c(cc3-4)C(C)(C)CCC5(C)C)c2[2H])c([2H])c1[2H]. The van der Waals surface area contributed by atoms with Crippen molar-refractivity contribution in [3.63, 3.8) is 0 Å². The smallest absolute Gasteiger partial charge is 0.269 e. The standard InChI is InChI=1S/C81H64N4OSi/c1-54-43-46-82-77(47-54)85-74-39-18-17-35-66(74)67-42-41-58(50-76(67)85)86-57-25-20-24-56(49-57)83-53-84-78-63(55-23-19-32-62(48-55)87(59-26-9-6-10-27-59,60-28-11-7-12-29-60)61-30-13-8-14-31-61)36-21-37-69(78)71-52-73-72(80(2,3)44-45-81(73,4)5)51-70(71)65-34-16-15-33-64(65)68-38-22-40-75(83)79(68)84/h6-43,46-52H,44-45H2,1-5H3/i1D3,6D,7D,8D,9D,10D,11D,12D,13D,14D,19D,23D,26D,27D,28D,29D,30D,31D,32D,48D. The lowest BCUT2D eigenvalue weighted by Gasteiger charge is -2.42. The molecule has 0 fully saturated rings.